The number of hydrogen-bond donors (Lipinski definition) is 2. The van der Waals surface area contributed by atoms with Gasteiger partial charge in [-0.3, -0.25) is 4.90 Å². The molecule has 20 heavy (non-hydrogen) atoms. The minimum Gasteiger partial charge on any atom is -0.409 e. The maximum absolute atomic E-state index is 14.1. The van der Waals surface area contributed by atoms with Gasteiger partial charge in [-0.25, -0.2) is 4.39 Å². The van der Waals surface area contributed by atoms with Gasteiger partial charge in [0.15, 0.2) is 5.84 Å². The first-order valence-corrected chi connectivity index (χ1v) is 7.12. The van der Waals surface area contributed by atoms with Crippen LogP contribution in [0.25, 0.3) is 0 Å². The second kappa shape index (κ2) is 6.70. The lowest BCUT2D eigenvalue weighted by molar-refractivity contribution is 0.163. The Morgan fingerprint density at radius 2 is 2.35 bits per heavy atom. The molecule has 5 heteroatoms. The Labute approximate surface area is 119 Å². The van der Waals surface area contributed by atoms with E-state index in [1.807, 2.05) is 0 Å². The molecule has 0 saturated carbocycles. The number of amidine groups is 1. The van der Waals surface area contributed by atoms with E-state index >= 15 is 0 Å². The van der Waals surface area contributed by atoms with Crippen LogP contribution in [-0.2, 0) is 6.54 Å². The zero-order valence-corrected chi connectivity index (χ0v) is 11.8. The molecule has 3 N–H and O–H groups in total. The third kappa shape index (κ3) is 3.48. The van der Waals surface area contributed by atoms with Crippen LogP contribution in [0, 0.1) is 11.7 Å². The third-order valence-electron chi connectivity index (χ3n) is 4.03. The molecule has 0 aliphatic carbocycles. The molecule has 4 nitrogen and oxygen atoms in total. The molecular weight excluding hydrogens is 257 g/mol. The van der Waals surface area contributed by atoms with E-state index in [4.69, 9.17) is 10.9 Å². The van der Waals surface area contributed by atoms with Crippen LogP contribution in [0.1, 0.15) is 37.3 Å². The van der Waals surface area contributed by atoms with Crippen molar-refractivity contribution in [2.75, 3.05) is 13.1 Å². The van der Waals surface area contributed by atoms with Crippen LogP contribution in [0.5, 0.6) is 0 Å². The lowest BCUT2D eigenvalue weighted by atomic mass is 9.95. The smallest absolute Gasteiger partial charge is 0.170 e. The minimum absolute atomic E-state index is 0.0699. The highest BCUT2D eigenvalue weighted by atomic mass is 19.1. The predicted molar refractivity (Wildman–Crippen MR) is 77.2 cm³/mol. The lowest BCUT2D eigenvalue weighted by Crippen LogP contribution is -2.34. The quantitative estimate of drug-likeness (QED) is 0.385. The van der Waals surface area contributed by atoms with Crippen LogP contribution >= 0.6 is 0 Å². The van der Waals surface area contributed by atoms with E-state index in [-0.39, 0.29) is 11.7 Å². The van der Waals surface area contributed by atoms with Crippen molar-refractivity contribution in [1.82, 2.24) is 4.90 Å². The van der Waals surface area contributed by atoms with Gasteiger partial charge in [0, 0.05) is 24.2 Å². The fourth-order valence-electron chi connectivity index (χ4n) is 2.76. The van der Waals surface area contributed by atoms with Gasteiger partial charge in [-0.1, -0.05) is 30.6 Å². The predicted octanol–water partition coefficient (Wildman–Crippen LogP) is 2.54. The second-order valence-electron chi connectivity index (χ2n) is 5.44. The summed E-state index contributed by atoms with van der Waals surface area (Å²) >= 11 is 0. The van der Waals surface area contributed by atoms with E-state index < -0.39 is 0 Å². The molecule has 1 aromatic carbocycles. The molecule has 1 heterocycles. The minimum atomic E-state index is -0.298. The SMILES string of the molecule is CCC1CCCN(Cc2ccc(/C(N)=N/O)cc2F)C1. The number of benzene rings is 1. The van der Waals surface area contributed by atoms with Crippen LogP contribution in [-0.4, -0.2) is 29.0 Å². The molecular formula is C15H22FN3O. The molecule has 0 spiro atoms. The summed E-state index contributed by atoms with van der Waals surface area (Å²) in [6.45, 7) is 4.90. The molecule has 1 atom stereocenters. The van der Waals surface area contributed by atoms with Gasteiger partial charge in [0.25, 0.3) is 0 Å². The Morgan fingerprint density at radius 1 is 1.55 bits per heavy atom. The Hall–Kier alpha value is -1.62. The molecule has 1 saturated heterocycles. The Bertz CT molecular complexity index is 490. The second-order valence-corrected chi connectivity index (χ2v) is 5.44. The average molecular weight is 279 g/mol. The highest BCUT2D eigenvalue weighted by molar-refractivity contribution is 5.97. The van der Waals surface area contributed by atoms with Crippen molar-refractivity contribution in [1.29, 1.82) is 0 Å². The highest BCUT2D eigenvalue weighted by Gasteiger charge is 2.19. The topological polar surface area (TPSA) is 61.8 Å². The largest absolute Gasteiger partial charge is 0.409 e. The van der Waals surface area contributed by atoms with Gasteiger partial charge in [-0.15, -0.1) is 0 Å². The summed E-state index contributed by atoms with van der Waals surface area (Å²) in [6, 6.07) is 4.73. The number of likely N-dealkylation sites (tertiary alicyclic amines) is 1. The van der Waals surface area contributed by atoms with E-state index in [0.717, 1.165) is 19.0 Å². The third-order valence-corrected chi connectivity index (χ3v) is 4.03. The van der Waals surface area contributed by atoms with Gasteiger partial charge in [0.2, 0.25) is 0 Å². The van der Waals surface area contributed by atoms with Gasteiger partial charge >= 0.3 is 0 Å². The van der Waals surface area contributed by atoms with E-state index in [1.165, 1.54) is 25.3 Å². The molecule has 1 aliphatic rings. The monoisotopic (exact) mass is 279 g/mol. The van der Waals surface area contributed by atoms with E-state index in [2.05, 4.69) is 17.0 Å². The van der Waals surface area contributed by atoms with E-state index in [9.17, 15) is 4.39 Å². The van der Waals surface area contributed by atoms with Crippen molar-refractivity contribution in [2.24, 2.45) is 16.8 Å². The van der Waals surface area contributed by atoms with Crippen LogP contribution in [0.2, 0.25) is 0 Å². The van der Waals surface area contributed by atoms with Crippen LogP contribution in [0.3, 0.4) is 0 Å². The Balaban J connectivity index is 2.06. The molecule has 110 valence electrons. The van der Waals surface area contributed by atoms with Gasteiger partial charge in [0.1, 0.15) is 5.82 Å². The number of oxime groups is 1. The van der Waals surface area contributed by atoms with Crippen molar-refractivity contribution >= 4 is 5.84 Å². The maximum Gasteiger partial charge on any atom is 0.170 e. The van der Waals surface area contributed by atoms with Crippen LogP contribution in [0.4, 0.5) is 4.39 Å². The summed E-state index contributed by atoms with van der Waals surface area (Å²) in [5.41, 5.74) is 6.52. The normalized spacial score (nSPS) is 21.1. The molecule has 1 aromatic rings. The number of halogens is 1. The molecule has 1 fully saturated rings. The number of piperidine rings is 1. The number of rotatable bonds is 4. The van der Waals surface area contributed by atoms with Gasteiger partial charge in [-0.2, -0.15) is 0 Å². The summed E-state index contributed by atoms with van der Waals surface area (Å²) < 4.78 is 14.1. The lowest BCUT2D eigenvalue weighted by Gasteiger charge is -2.32. The van der Waals surface area contributed by atoms with Crippen LogP contribution < -0.4 is 5.73 Å². The van der Waals surface area contributed by atoms with E-state index in [0.29, 0.717) is 17.7 Å². The molecule has 0 amide bonds. The zero-order chi connectivity index (χ0) is 14.5. The highest BCUT2D eigenvalue weighted by Crippen LogP contribution is 2.22. The summed E-state index contributed by atoms with van der Waals surface area (Å²) in [5, 5.41) is 11.5. The number of nitrogens with zero attached hydrogens (tertiary/aromatic N) is 2. The molecule has 2 rings (SSSR count). The van der Waals surface area contributed by atoms with Crippen molar-refractivity contribution in [2.45, 2.75) is 32.7 Å². The first-order valence-electron chi connectivity index (χ1n) is 7.12. The number of hydrogen-bond acceptors (Lipinski definition) is 3. The van der Waals surface area contributed by atoms with Crippen molar-refractivity contribution in [3.63, 3.8) is 0 Å². The van der Waals surface area contributed by atoms with Crippen molar-refractivity contribution < 1.29 is 9.60 Å². The standard InChI is InChI=1S/C15H22FN3O/c1-2-11-4-3-7-19(9-11)10-13-6-5-12(8-14(13)16)15(17)18-20/h5-6,8,11,20H,2-4,7,9-10H2,1H3,(H2,17,18). The summed E-state index contributed by atoms with van der Waals surface area (Å²) in [7, 11) is 0. The fraction of sp³-hybridized carbons (Fsp3) is 0.533. The average Bonchev–Trinajstić information content (AvgIpc) is 2.48. The van der Waals surface area contributed by atoms with Gasteiger partial charge in [-0.05, 0) is 31.4 Å². The summed E-state index contributed by atoms with van der Waals surface area (Å²) in [5.74, 6) is 0.357. The van der Waals surface area contributed by atoms with Crippen molar-refractivity contribution in [3.8, 4) is 0 Å². The van der Waals surface area contributed by atoms with Gasteiger partial charge in [0.05, 0.1) is 0 Å². The Morgan fingerprint density at radius 3 is 3.00 bits per heavy atom. The van der Waals surface area contributed by atoms with E-state index in [1.54, 1.807) is 12.1 Å². The molecule has 0 bridgehead atoms. The maximum atomic E-state index is 14.1. The van der Waals surface area contributed by atoms with Crippen LogP contribution in [0.15, 0.2) is 23.4 Å². The van der Waals surface area contributed by atoms with Crippen molar-refractivity contribution in [3.05, 3.63) is 35.1 Å². The fourth-order valence-corrected chi connectivity index (χ4v) is 2.76. The summed E-state index contributed by atoms with van der Waals surface area (Å²) in [6.07, 6.45) is 3.64. The molecule has 1 aliphatic heterocycles. The molecule has 1 unspecified atom stereocenters. The number of nitrogens with two attached hydrogens (primary N) is 1. The molecule has 0 aromatic heterocycles. The first kappa shape index (κ1) is 14.8. The van der Waals surface area contributed by atoms with Gasteiger partial charge < -0.3 is 10.9 Å². The zero-order valence-electron chi connectivity index (χ0n) is 11.8. The molecule has 0 radical (unpaired) electrons. The Kier molecular flexibility index (Phi) is 4.95. The summed E-state index contributed by atoms with van der Waals surface area (Å²) in [4.78, 5) is 2.30. The first-order chi connectivity index (χ1) is 9.63.